The zero-order valence-corrected chi connectivity index (χ0v) is 18.9. The first-order valence-corrected chi connectivity index (χ1v) is 10.2. The maximum absolute atomic E-state index is 3.68. The molecule has 1 saturated carbocycles. The number of hydrogen-bond donors (Lipinski definition) is 2. The van der Waals surface area contributed by atoms with E-state index in [4.69, 9.17) is 0 Å². The third-order valence-electron chi connectivity index (χ3n) is 5.66. The summed E-state index contributed by atoms with van der Waals surface area (Å²) in [5.74, 6) is 1.67. The molecule has 2 aromatic rings. The van der Waals surface area contributed by atoms with Crippen molar-refractivity contribution in [1.29, 1.82) is 0 Å². The molecule has 0 spiro atoms. The summed E-state index contributed by atoms with van der Waals surface area (Å²) in [4.78, 5) is 0. The summed E-state index contributed by atoms with van der Waals surface area (Å²) in [6.07, 6.45) is 5.51. The van der Waals surface area contributed by atoms with E-state index < -0.39 is 0 Å². The molecule has 2 nitrogen and oxygen atoms in total. The highest BCUT2D eigenvalue weighted by atomic mass is 35.5. The van der Waals surface area contributed by atoms with Crippen molar-refractivity contribution in [3.63, 3.8) is 0 Å². The maximum atomic E-state index is 3.68. The summed E-state index contributed by atoms with van der Waals surface area (Å²) < 4.78 is 0. The first kappa shape index (κ1) is 25.0. The van der Waals surface area contributed by atoms with Crippen molar-refractivity contribution < 1.29 is 0 Å². The standard InChI is InChI=1S/C24H34N2.2ClH/c1-19-6-10-21(11-7-19)15-25-17-23-4-3-5-24(14-23)18-26-16-22-12-8-20(2)9-13-22;;/h6-13,23-26H,3-5,14-18H2,1-2H3;2*1H. The normalized spacial score (nSPS) is 18.8. The van der Waals surface area contributed by atoms with Crippen LogP contribution in [0.2, 0.25) is 0 Å². The lowest BCUT2D eigenvalue weighted by Gasteiger charge is -2.29. The minimum Gasteiger partial charge on any atom is -0.312 e. The Morgan fingerprint density at radius 1 is 0.679 bits per heavy atom. The average molecular weight is 423 g/mol. The molecule has 0 aromatic heterocycles. The molecule has 0 aliphatic heterocycles. The van der Waals surface area contributed by atoms with Gasteiger partial charge in [0.15, 0.2) is 0 Å². The maximum Gasteiger partial charge on any atom is 0.0205 e. The minimum absolute atomic E-state index is 0. The van der Waals surface area contributed by atoms with Crippen molar-refractivity contribution in [2.24, 2.45) is 11.8 Å². The molecule has 2 unspecified atom stereocenters. The molecule has 2 aromatic carbocycles. The van der Waals surface area contributed by atoms with Crippen molar-refractivity contribution in [2.75, 3.05) is 13.1 Å². The summed E-state index contributed by atoms with van der Waals surface area (Å²) >= 11 is 0. The lowest BCUT2D eigenvalue weighted by atomic mass is 9.81. The highest BCUT2D eigenvalue weighted by molar-refractivity contribution is 5.85. The third kappa shape index (κ3) is 8.53. The Labute approximate surface area is 183 Å². The van der Waals surface area contributed by atoms with E-state index in [9.17, 15) is 0 Å². The second kappa shape index (κ2) is 13.2. The van der Waals surface area contributed by atoms with Crippen LogP contribution in [-0.4, -0.2) is 13.1 Å². The molecule has 1 aliphatic rings. The first-order chi connectivity index (χ1) is 12.7. The van der Waals surface area contributed by atoms with E-state index in [0.717, 1.165) is 38.0 Å². The van der Waals surface area contributed by atoms with Gasteiger partial charge in [0.25, 0.3) is 0 Å². The van der Waals surface area contributed by atoms with Gasteiger partial charge in [-0.05, 0) is 69.2 Å². The number of rotatable bonds is 8. The van der Waals surface area contributed by atoms with Crippen LogP contribution < -0.4 is 10.6 Å². The van der Waals surface area contributed by atoms with Crippen LogP contribution in [0.5, 0.6) is 0 Å². The van der Waals surface area contributed by atoms with E-state index in [1.807, 2.05) is 0 Å². The van der Waals surface area contributed by atoms with Crippen LogP contribution >= 0.6 is 24.8 Å². The second-order valence-corrected chi connectivity index (χ2v) is 8.13. The molecule has 3 rings (SSSR count). The third-order valence-corrected chi connectivity index (χ3v) is 5.66. The van der Waals surface area contributed by atoms with Gasteiger partial charge in [-0.3, -0.25) is 0 Å². The van der Waals surface area contributed by atoms with Crippen molar-refractivity contribution in [3.8, 4) is 0 Å². The lowest BCUT2D eigenvalue weighted by Crippen LogP contribution is -2.31. The van der Waals surface area contributed by atoms with Crippen LogP contribution in [0.25, 0.3) is 0 Å². The number of benzene rings is 2. The van der Waals surface area contributed by atoms with Gasteiger partial charge in [0.2, 0.25) is 0 Å². The molecule has 1 fully saturated rings. The van der Waals surface area contributed by atoms with Crippen LogP contribution in [-0.2, 0) is 13.1 Å². The molecule has 2 N–H and O–H groups in total. The topological polar surface area (TPSA) is 24.1 Å². The summed E-state index contributed by atoms with van der Waals surface area (Å²) in [5.41, 5.74) is 5.45. The van der Waals surface area contributed by atoms with Gasteiger partial charge in [0.05, 0.1) is 0 Å². The quantitative estimate of drug-likeness (QED) is 0.558. The van der Waals surface area contributed by atoms with E-state index in [-0.39, 0.29) is 24.8 Å². The zero-order valence-electron chi connectivity index (χ0n) is 17.2. The van der Waals surface area contributed by atoms with Gasteiger partial charge in [0.1, 0.15) is 0 Å². The Morgan fingerprint density at radius 2 is 1.07 bits per heavy atom. The first-order valence-electron chi connectivity index (χ1n) is 10.2. The van der Waals surface area contributed by atoms with Gasteiger partial charge in [-0.15, -0.1) is 24.8 Å². The van der Waals surface area contributed by atoms with E-state index >= 15 is 0 Å². The molecule has 28 heavy (non-hydrogen) atoms. The SMILES string of the molecule is Cc1ccc(CNCC2CCCC(CNCc3ccc(C)cc3)C2)cc1.Cl.Cl. The Morgan fingerprint density at radius 3 is 1.46 bits per heavy atom. The smallest absolute Gasteiger partial charge is 0.0205 e. The summed E-state index contributed by atoms with van der Waals surface area (Å²) in [6.45, 7) is 8.59. The Hall–Kier alpha value is -1.06. The van der Waals surface area contributed by atoms with Crippen molar-refractivity contribution in [1.82, 2.24) is 10.6 Å². The number of nitrogens with one attached hydrogen (secondary N) is 2. The van der Waals surface area contributed by atoms with Crippen molar-refractivity contribution in [3.05, 3.63) is 70.8 Å². The molecule has 4 heteroatoms. The Bertz CT molecular complexity index is 598. The monoisotopic (exact) mass is 422 g/mol. The Kier molecular flexibility index (Phi) is 11.8. The molecule has 2 atom stereocenters. The molecular weight excluding hydrogens is 387 g/mol. The van der Waals surface area contributed by atoms with Crippen molar-refractivity contribution >= 4 is 24.8 Å². The number of aryl methyl sites for hydroxylation is 2. The fraction of sp³-hybridized carbons (Fsp3) is 0.500. The van der Waals surface area contributed by atoms with Gasteiger partial charge in [-0.2, -0.15) is 0 Å². The second-order valence-electron chi connectivity index (χ2n) is 8.13. The minimum atomic E-state index is 0. The van der Waals surface area contributed by atoms with E-state index in [1.54, 1.807) is 0 Å². The molecule has 156 valence electrons. The van der Waals surface area contributed by atoms with Crippen LogP contribution in [0.4, 0.5) is 0 Å². The summed E-state index contributed by atoms with van der Waals surface area (Å²) in [5, 5.41) is 7.36. The average Bonchev–Trinajstić information content (AvgIpc) is 2.65. The summed E-state index contributed by atoms with van der Waals surface area (Å²) in [6, 6.07) is 17.8. The molecule has 0 amide bonds. The van der Waals surface area contributed by atoms with E-state index in [1.165, 1.54) is 47.9 Å². The van der Waals surface area contributed by atoms with Crippen LogP contribution in [0.15, 0.2) is 48.5 Å². The van der Waals surface area contributed by atoms with Crippen LogP contribution in [0.3, 0.4) is 0 Å². The Balaban J connectivity index is 0.00000196. The lowest BCUT2D eigenvalue weighted by molar-refractivity contribution is 0.252. The molecule has 0 saturated heterocycles. The van der Waals surface area contributed by atoms with Gasteiger partial charge in [0, 0.05) is 13.1 Å². The van der Waals surface area contributed by atoms with Crippen LogP contribution in [0.1, 0.15) is 47.9 Å². The molecule has 0 heterocycles. The molecule has 1 aliphatic carbocycles. The summed E-state index contributed by atoms with van der Waals surface area (Å²) in [7, 11) is 0. The number of halogens is 2. The molecular formula is C24H36Cl2N2. The fourth-order valence-corrected chi connectivity index (χ4v) is 4.03. The predicted octanol–water partition coefficient (Wildman–Crippen LogP) is 5.83. The van der Waals surface area contributed by atoms with E-state index in [2.05, 4.69) is 73.0 Å². The van der Waals surface area contributed by atoms with Crippen LogP contribution in [0, 0.1) is 25.7 Å². The predicted molar refractivity (Wildman–Crippen MR) is 126 cm³/mol. The number of hydrogen-bond acceptors (Lipinski definition) is 2. The zero-order chi connectivity index (χ0) is 18.2. The van der Waals surface area contributed by atoms with E-state index in [0.29, 0.717) is 0 Å². The largest absolute Gasteiger partial charge is 0.312 e. The van der Waals surface area contributed by atoms with Gasteiger partial charge in [-0.1, -0.05) is 66.1 Å². The fourth-order valence-electron chi connectivity index (χ4n) is 4.03. The highest BCUT2D eigenvalue weighted by Crippen LogP contribution is 2.28. The van der Waals surface area contributed by atoms with Gasteiger partial charge >= 0.3 is 0 Å². The highest BCUT2D eigenvalue weighted by Gasteiger charge is 2.21. The van der Waals surface area contributed by atoms with Gasteiger partial charge in [-0.25, -0.2) is 0 Å². The van der Waals surface area contributed by atoms with Crippen molar-refractivity contribution in [2.45, 2.75) is 52.6 Å². The molecule has 0 radical (unpaired) electrons. The van der Waals surface area contributed by atoms with Gasteiger partial charge < -0.3 is 10.6 Å². The molecule has 0 bridgehead atoms.